The third-order valence-electron chi connectivity index (χ3n) is 2.83. The highest BCUT2D eigenvalue weighted by atomic mass is 16.3. The molecule has 0 saturated heterocycles. The number of aromatic hydroxyl groups is 1. The molecule has 5 heteroatoms. The van der Waals surface area contributed by atoms with Gasteiger partial charge >= 0.3 is 0 Å². The van der Waals surface area contributed by atoms with Crippen molar-refractivity contribution in [3.63, 3.8) is 0 Å². The first kappa shape index (κ1) is 12.6. The van der Waals surface area contributed by atoms with E-state index in [9.17, 15) is 5.11 Å². The van der Waals surface area contributed by atoms with Gasteiger partial charge in [0.2, 0.25) is 0 Å². The van der Waals surface area contributed by atoms with E-state index in [2.05, 4.69) is 4.98 Å². The van der Waals surface area contributed by atoms with Gasteiger partial charge in [-0.05, 0) is 23.6 Å². The number of phenols is 1. The minimum absolute atomic E-state index is 0.234. The highest BCUT2D eigenvalue weighted by Gasteiger charge is 2.10. The summed E-state index contributed by atoms with van der Waals surface area (Å²) in [6.07, 6.45) is 1.76. The van der Waals surface area contributed by atoms with Crippen molar-refractivity contribution in [3.05, 3.63) is 30.5 Å². The summed E-state index contributed by atoms with van der Waals surface area (Å²) in [5, 5.41) is 11.6. The number of phenolic OH excluding ortho intramolecular Hbond substituents is 1. The molecule has 18 heavy (non-hydrogen) atoms. The predicted octanol–water partition coefficient (Wildman–Crippen LogP) is 0.664. The monoisotopic (exact) mass is 246 g/mol. The number of rotatable bonds is 5. The SMILES string of the molecule is NCCN(CCN)c1nccc2ccc(O)cc12. The van der Waals surface area contributed by atoms with E-state index in [1.807, 2.05) is 17.0 Å². The lowest BCUT2D eigenvalue weighted by Gasteiger charge is -2.23. The average Bonchev–Trinajstić information content (AvgIpc) is 2.38. The van der Waals surface area contributed by atoms with Gasteiger partial charge in [-0.2, -0.15) is 0 Å². The Kier molecular flexibility index (Phi) is 3.96. The minimum Gasteiger partial charge on any atom is -0.508 e. The van der Waals surface area contributed by atoms with Gasteiger partial charge < -0.3 is 21.5 Å². The molecule has 0 amide bonds. The zero-order chi connectivity index (χ0) is 13.0. The van der Waals surface area contributed by atoms with Crippen LogP contribution >= 0.6 is 0 Å². The van der Waals surface area contributed by atoms with E-state index >= 15 is 0 Å². The first-order chi connectivity index (χ1) is 8.76. The van der Waals surface area contributed by atoms with Gasteiger partial charge in [0.1, 0.15) is 11.6 Å². The Morgan fingerprint density at radius 2 is 1.83 bits per heavy atom. The molecular formula is C13H18N4O. The average molecular weight is 246 g/mol. The van der Waals surface area contributed by atoms with Gasteiger partial charge in [-0.25, -0.2) is 4.98 Å². The molecule has 0 aliphatic carbocycles. The predicted molar refractivity (Wildman–Crippen MR) is 73.7 cm³/mol. The molecule has 0 aliphatic rings. The molecule has 1 heterocycles. The zero-order valence-electron chi connectivity index (χ0n) is 10.2. The Labute approximate surface area is 106 Å². The Balaban J connectivity index is 2.50. The van der Waals surface area contributed by atoms with Crippen LogP contribution in [0.25, 0.3) is 10.8 Å². The van der Waals surface area contributed by atoms with Crippen LogP contribution in [0.1, 0.15) is 0 Å². The first-order valence-electron chi connectivity index (χ1n) is 5.99. The molecular weight excluding hydrogens is 228 g/mol. The van der Waals surface area contributed by atoms with Crippen molar-refractivity contribution in [2.45, 2.75) is 0 Å². The number of hydrogen-bond acceptors (Lipinski definition) is 5. The van der Waals surface area contributed by atoms with E-state index in [1.54, 1.807) is 18.3 Å². The molecule has 0 spiro atoms. The lowest BCUT2D eigenvalue weighted by molar-refractivity contribution is 0.476. The van der Waals surface area contributed by atoms with Gasteiger partial charge in [0.25, 0.3) is 0 Å². The third-order valence-corrected chi connectivity index (χ3v) is 2.83. The van der Waals surface area contributed by atoms with Crippen LogP contribution in [0.15, 0.2) is 30.5 Å². The van der Waals surface area contributed by atoms with Crippen molar-refractivity contribution < 1.29 is 5.11 Å². The molecule has 0 saturated carbocycles. The number of benzene rings is 1. The van der Waals surface area contributed by atoms with Gasteiger partial charge in [0.15, 0.2) is 0 Å². The van der Waals surface area contributed by atoms with Gasteiger partial charge in [0, 0.05) is 37.8 Å². The van der Waals surface area contributed by atoms with Crippen LogP contribution < -0.4 is 16.4 Å². The van der Waals surface area contributed by atoms with Gasteiger partial charge in [-0.1, -0.05) is 6.07 Å². The lowest BCUT2D eigenvalue weighted by Crippen LogP contribution is -2.34. The van der Waals surface area contributed by atoms with E-state index in [1.165, 1.54) is 0 Å². The summed E-state index contributed by atoms with van der Waals surface area (Å²) in [6.45, 7) is 2.46. The van der Waals surface area contributed by atoms with E-state index in [4.69, 9.17) is 11.5 Å². The molecule has 0 radical (unpaired) electrons. The number of aromatic nitrogens is 1. The summed E-state index contributed by atoms with van der Waals surface area (Å²) in [4.78, 5) is 6.43. The van der Waals surface area contributed by atoms with Gasteiger partial charge in [0.05, 0.1) is 0 Å². The van der Waals surface area contributed by atoms with E-state index in [-0.39, 0.29) is 5.75 Å². The van der Waals surface area contributed by atoms with Crippen molar-refractivity contribution in [3.8, 4) is 5.75 Å². The maximum atomic E-state index is 9.60. The van der Waals surface area contributed by atoms with E-state index in [0.29, 0.717) is 26.2 Å². The number of nitrogens with two attached hydrogens (primary N) is 2. The Morgan fingerprint density at radius 1 is 1.11 bits per heavy atom. The number of fused-ring (bicyclic) bond motifs is 1. The number of hydrogen-bond donors (Lipinski definition) is 3. The highest BCUT2D eigenvalue weighted by molar-refractivity contribution is 5.93. The van der Waals surface area contributed by atoms with Crippen LogP contribution in [0.4, 0.5) is 5.82 Å². The molecule has 1 aromatic heterocycles. The highest BCUT2D eigenvalue weighted by Crippen LogP contribution is 2.27. The molecule has 1 aromatic carbocycles. The number of anilines is 1. The molecule has 2 aromatic rings. The Hall–Kier alpha value is -1.85. The van der Waals surface area contributed by atoms with Crippen molar-refractivity contribution in [2.75, 3.05) is 31.1 Å². The fourth-order valence-electron chi connectivity index (χ4n) is 2.03. The van der Waals surface area contributed by atoms with Crippen molar-refractivity contribution >= 4 is 16.6 Å². The molecule has 2 rings (SSSR count). The van der Waals surface area contributed by atoms with Crippen LogP contribution in [-0.2, 0) is 0 Å². The maximum absolute atomic E-state index is 9.60. The second-order valence-corrected chi connectivity index (χ2v) is 4.10. The first-order valence-corrected chi connectivity index (χ1v) is 5.99. The minimum atomic E-state index is 0.234. The van der Waals surface area contributed by atoms with Crippen LogP contribution in [-0.4, -0.2) is 36.3 Å². The summed E-state index contributed by atoms with van der Waals surface area (Å²) in [5.74, 6) is 1.05. The molecule has 0 bridgehead atoms. The van der Waals surface area contributed by atoms with Crippen LogP contribution in [0.5, 0.6) is 5.75 Å². The van der Waals surface area contributed by atoms with Gasteiger partial charge in [-0.3, -0.25) is 0 Å². The molecule has 5 nitrogen and oxygen atoms in total. The van der Waals surface area contributed by atoms with Crippen molar-refractivity contribution in [1.29, 1.82) is 0 Å². The summed E-state index contributed by atoms with van der Waals surface area (Å²) >= 11 is 0. The summed E-state index contributed by atoms with van der Waals surface area (Å²) in [7, 11) is 0. The Bertz CT molecular complexity index is 523. The molecule has 0 aliphatic heterocycles. The van der Waals surface area contributed by atoms with Crippen molar-refractivity contribution in [2.24, 2.45) is 11.5 Å². The third kappa shape index (κ3) is 2.52. The molecule has 0 unspecified atom stereocenters. The summed E-state index contributed by atoms with van der Waals surface area (Å²) < 4.78 is 0. The zero-order valence-corrected chi connectivity index (χ0v) is 10.2. The summed E-state index contributed by atoms with van der Waals surface area (Å²) in [5.41, 5.74) is 11.2. The van der Waals surface area contributed by atoms with Crippen LogP contribution in [0.2, 0.25) is 0 Å². The quantitative estimate of drug-likeness (QED) is 0.721. The molecule has 0 atom stereocenters. The fourth-order valence-corrected chi connectivity index (χ4v) is 2.03. The largest absolute Gasteiger partial charge is 0.508 e. The topological polar surface area (TPSA) is 88.4 Å². The second-order valence-electron chi connectivity index (χ2n) is 4.10. The standard InChI is InChI=1S/C13H18N4O/c14-4-7-17(8-5-15)13-12-9-11(18)2-1-10(12)3-6-16-13/h1-3,6,9,18H,4-5,7-8,14-15H2. The fraction of sp³-hybridized carbons (Fsp3) is 0.308. The van der Waals surface area contributed by atoms with Crippen LogP contribution in [0, 0.1) is 0 Å². The molecule has 0 fully saturated rings. The molecule has 5 N–H and O–H groups in total. The normalized spacial score (nSPS) is 10.8. The smallest absolute Gasteiger partial charge is 0.136 e. The number of pyridine rings is 1. The lowest BCUT2D eigenvalue weighted by atomic mass is 10.1. The van der Waals surface area contributed by atoms with Gasteiger partial charge in [-0.15, -0.1) is 0 Å². The van der Waals surface area contributed by atoms with Crippen molar-refractivity contribution in [1.82, 2.24) is 4.98 Å². The van der Waals surface area contributed by atoms with Crippen LogP contribution in [0.3, 0.4) is 0 Å². The van der Waals surface area contributed by atoms with E-state index < -0.39 is 0 Å². The maximum Gasteiger partial charge on any atom is 0.136 e. The Morgan fingerprint density at radius 3 is 2.50 bits per heavy atom. The second kappa shape index (κ2) is 5.66. The molecule has 96 valence electrons. The van der Waals surface area contributed by atoms with E-state index in [0.717, 1.165) is 16.6 Å². The summed E-state index contributed by atoms with van der Waals surface area (Å²) in [6, 6.07) is 7.18. The number of nitrogens with zero attached hydrogens (tertiary/aromatic N) is 2.